The molecule has 1 aliphatic heterocycles. The van der Waals surface area contributed by atoms with E-state index in [4.69, 9.17) is 4.74 Å². The number of hydrogen-bond acceptors (Lipinski definition) is 1. The van der Waals surface area contributed by atoms with E-state index in [0.717, 1.165) is 12.4 Å². The number of fused-ring (bicyclic) bond motifs is 1. The molecule has 0 saturated heterocycles. The van der Waals surface area contributed by atoms with Crippen LogP contribution in [0.3, 0.4) is 0 Å². The van der Waals surface area contributed by atoms with Crippen LogP contribution < -0.4 is 10.1 Å². The molecule has 1 aromatic heterocycles. The van der Waals surface area contributed by atoms with Crippen LogP contribution in [-0.4, -0.2) is 30.5 Å². The molecule has 20 heavy (non-hydrogen) atoms. The Hall–Kier alpha value is -1.81. The second-order valence-corrected chi connectivity index (χ2v) is 11.3. The van der Waals surface area contributed by atoms with E-state index in [9.17, 15) is 0 Å². The molecule has 0 atom stereocenters. The van der Waals surface area contributed by atoms with Crippen molar-refractivity contribution in [3.8, 4) is 5.75 Å². The van der Waals surface area contributed by atoms with E-state index in [1.807, 2.05) is 12.1 Å². The number of ether oxygens (including phenoxy) is 1. The molecule has 1 aliphatic rings. The maximum atomic E-state index is 5.21. The van der Waals surface area contributed by atoms with Gasteiger partial charge in [-0.25, -0.2) is 0 Å². The van der Waals surface area contributed by atoms with Crippen molar-refractivity contribution in [3.05, 3.63) is 42.1 Å². The minimum Gasteiger partial charge on any atom is -0.497 e. The Morgan fingerprint density at radius 3 is 2.35 bits per heavy atom. The lowest BCUT2D eigenvalue weighted by Crippen LogP contribution is -2.43. The average Bonchev–Trinajstić information content (AvgIpc) is 2.97. The summed E-state index contributed by atoms with van der Waals surface area (Å²) in [6.07, 6.45) is 2.23. The van der Waals surface area contributed by atoms with Crippen LogP contribution in [0, 0.1) is 0 Å². The van der Waals surface area contributed by atoms with E-state index in [-0.39, 0.29) is 0 Å². The lowest BCUT2D eigenvalue weighted by atomic mass is 10.3. The smallest absolute Gasteiger partial charge is 0.228 e. The number of rotatable bonds is 3. The Morgan fingerprint density at radius 2 is 1.75 bits per heavy atom. The number of aromatic nitrogens is 1. The van der Waals surface area contributed by atoms with Crippen LogP contribution in [0.4, 0.5) is 5.69 Å². The second kappa shape index (κ2) is 4.63. The van der Waals surface area contributed by atoms with Crippen LogP contribution in [0.25, 0.3) is 0 Å². The molecule has 0 aliphatic carbocycles. The molecule has 0 unspecified atom stereocenters. The van der Waals surface area contributed by atoms with Crippen molar-refractivity contribution in [1.82, 2.24) is 4.57 Å². The zero-order chi connectivity index (χ0) is 14.3. The molecule has 0 spiro atoms. The van der Waals surface area contributed by atoms with Crippen LogP contribution in [0.15, 0.2) is 36.4 Å². The lowest BCUT2D eigenvalue weighted by molar-refractivity contribution is -0.463. The maximum Gasteiger partial charge on any atom is 0.228 e. The van der Waals surface area contributed by atoms with Crippen molar-refractivity contribution in [2.24, 2.45) is 0 Å². The summed E-state index contributed by atoms with van der Waals surface area (Å²) < 4.78 is 9.95. The van der Waals surface area contributed by atoms with Gasteiger partial charge in [0.1, 0.15) is 11.4 Å². The van der Waals surface area contributed by atoms with Gasteiger partial charge in [-0.05, 0) is 24.3 Å². The van der Waals surface area contributed by atoms with E-state index in [0.29, 0.717) is 0 Å². The average molecular weight is 285 g/mol. The van der Waals surface area contributed by atoms with E-state index in [1.165, 1.54) is 16.7 Å². The van der Waals surface area contributed by atoms with Crippen LogP contribution in [0.1, 0.15) is 5.69 Å². The molecule has 3 nitrogen and oxygen atoms in total. The fraction of sp³-hybridized carbons (Fsp3) is 0.312. The van der Waals surface area contributed by atoms with E-state index in [2.05, 4.69) is 59.3 Å². The Bertz CT molecular complexity index is 663. The Labute approximate surface area is 121 Å². The highest BCUT2D eigenvalue weighted by molar-refractivity contribution is 6.88. The molecular weight excluding hydrogens is 264 g/mol. The molecule has 0 amide bonds. The van der Waals surface area contributed by atoms with Crippen LogP contribution in [0.5, 0.6) is 5.75 Å². The predicted molar refractivity (Wildman–Crippen MR) is 85.5 cm³/mol. The molecular formula is C16H21N2OSi+. The van der Waals surface area contributed by atoms with E-state index < -0.39 is 8.07 Å². The van der Waals surface area contributed by atoms with Gasteiger partial charge < -0.3 is 4.74 Å². The SMILES string of the molecule is COc1ccc([N+]2=Cc3ccc([Si](C)(C)C)n3C2)cc1. The molecule has 2 aromatic rings. The predicted octanol–water partition coefficient (Wildman–Crippen LogP) is 2.78. The molecule has 0 fully saturated rings. The third-order valence-corrected chi connectivity index (χ3v) is 5.74. The summed E-state index contributed by atoms with van der Waals surface area (Å²) in [7, 11) is 0.410. The molecule has 0 bridgehead atoms. The summed E-state index contributed by atoms with van der Waals surface area (Å²) in [6, 6.07) is 12.8. The van der Waals surface area contributed by atoms with Crippen LogP contribution in [-0.2, 0) is 6.67 Å². The minimum absolute atomic E-state index is 0.898. The normalized spacial score (nSPS) is 14.1. The lowest BCUT2D eigenvalue weighted by Gasteiger charge is -2.17. The van der Waals surface area contributed by atoms with Gasteiger partial charge >= 0.3 is 0 Å². The van der Waals surface area contributed by atoms with Gasteiger partial charge in [0.15, 0.2) is 6.21 Å². The summed E-state index contributed by atoms with van der Waals surface area (Å²) in [5.41, 5.74) is 2.51. The Kier molecular flexibility index (Phi) is 3.05. The van der Waals surface area contributed by atoms with Crippen molar-refractivity contribution in [2.75, 3.05) is 7.11 Å². The van der Waals surface area contributed by atoms with Gasteiger partial charge in [0.05, 0.1) is 15.2 Å². The van der Waals surface area contributed by atoms with Crippen molar-refractivity contribution < 1.29 is 9.31 Å². The molecule has 2 heterocycles. The zero-order valence-electron chi connectivity index (χ0n) is 12.6. The van der Waals surface area contributed by atoms with Crippen molar-refractivity contribution in [2.45, 2.75) is 26.3 Å². The summed E-state index contributed by atoms with van der Waals surface area (Å²) in [6.45, 7) is 8.09. The first-order valence-corrected chi connectivity index (χ1v) is 10.4. The topological polar surface area (TPSA) is 17.2 Å². The van der Waals surface area contributed by atoms with Crippen molar-refractivity contribution in [3.63, 3.8) is 0 Å². The molecule has 3 rings (SSSR count). The minimum atomic E-state index is -1.29. The summed E-state index contributed by atoms with van der Waals surface area (Å²) in [4.78, 5) is 0. The third kappa shape index (κ3) is 2.20. The maximum absolute atomic E-state index is 5.21. The highest BCUT2D eigenvalue weighted by atomic mass is 28.3. The largest absolute Gasteiger partial charge is 0.497 e. The Morgan fingerprint density at radius 1 is 1.05 bits per heavy atom. The third-order valence-electron chi connectivity index (χ3n) is 3.77. The van der Waals surface area contributed by atoms with E-state index >= 15 is 0 Å². The first-order valence-electron chi connectivity index (χ1n) is 6.94. The molecule has 0 N–H and O–H groups in total. The van der Waals surface area contributed by atoms with Crippen LogP contribution in [0.2, 0.25) is 19.6 Å². The quantitative estimate of drug-likeness (QED) is 0.626. The monoisotopic (exact) mass is 285 g/mol. The van der Waals surface area contributed by atoms with Gasteiger partial charge in [-0.1, -0.05) is 19.6 Å². The van der Waals surface area contributed by atoms with Gasteiger partial charge in [-0.15, -0.1) is 0 Å². The van der Waals surface area contributed by atoms with Gasteiger partial charge in [-0.3, -0.25) is 4.57 Å². The molecule has 0 saturated carbocycles. The fourth-order valence-electron chi connectivity index (χ4n) is 2.69. The van der Waals surface area contributed by atoms with Gasteiger partial charge in [0.25, 0.3) is 0 Å². The second-order valence-electron chi connectivity index (χ2n) is 6.26. The van der Waals surface area contributed by atoms with Crippen molar-refractivity contribution >= 4 is 25.3 Å². The van der Waals surface area contributed by atoms with Gasteiger partial charge in [0.2, 0.25) is 12.4 Å². The molecule has 0 radical (unpaired) electrons. The number of nitrogens with zero attached hydrogens (tertiary/aromatic N) is 2. The number of benzene rings is 1. The highest BCUT2D eigenvalue weighted by Crippen LogP contribution is 2.21. The van der Waals surface area contributed by atoms with E-state index in [1.54, 1.807) is 7.11 Å². The Balaban J connectivity index is 1.91. The van der Waals surface area contributed by atoms with Crippen molar-refractivity contribution in [1.29, 1.82) is 0 Å². The van der Waals surface area contributed by atoms with Gasteiger partial charge in [-0.2, -0.15) is 4.58 Å². The molecule has 1 aromatic carbocycles. The number of hydrogen-bond donors (Lipinski definition) is 0. The zero-order valence-corrected chi connectivity index (χ0v) is 13.6. The fourth-order valence-corrected chi connectivity index (χ4v) is 4.28. The number of methoxy groups -OCH3 is 1. The van der Waals surface area contributed by atoms with Crippen LogP contribution >= 0.6 is 0 Å². The summed E-state index contributed by atoms with van der Waals surface area (Å²) >= 11 is 0. The molecule has 104 valence electrons. The highest BCUT2D eigenvalue weighted by Gasteiger charge is 2.28. The standard InChI is InChI=1S/C16H21N2OSi/c1-19-15-8-5-13(6-9-15)17-11-14-7-10-16(18(14)12-17)20(2,3)4/h5-11H,12H2,1-4H3/q+1. The van der Waals surface area contributed by atoms with Gasteiger partial charge in [0, 0.05) is 17.4 Å². The summed E-state index contributed by atoms with van der Waals surface area (Å²) in [5, 5.41) is 1.51. The molecule has 4 heteroatoms. The first kappa shape index (κ1) is 13.2. The summed E-state index contributed by atoms with van der Waals surface area (Å²) in [5.74, 6) is 0.898. The first-order chi connectivity index (χ1) is 9.49.